The van der Waals surface area contributed by atoms with E-state index in [2.05, 4.69) is 127 Å². The number of non-ortho nitro benzene ring substituents is 1. The molecule has 0 N–H and O–H groups in total. The molecule has 16 aromatic carbocycles. The lowest BCUT2D eigenvalue weighted by atomic mass is 9.83. The largest absolute Gasteiger partial charge is 0.497 e. The van der Waals surface area contributed by atoms with E-state index in [-0.39, 0.29) is 53.0 Å². The molecule has 4 heterocycles. The van der Waals surface area contributed by atoms with Gasteiger partial charge in [0.25, 0.3) is 23.4 Å². The van der Waals surface area contributed by atoms with Crippen LogP contribution in [0.2, 0.25) is 15.1 Å². The molecule has 0 aliphatic carbocycles. The van der Waals surface area contributed by atoms with E-state index in [1.165, 1.54) is 46.5 Å². The summed E-state index contributed by atoms with van der Waals surface area (Å²) < 4.78 is 5.25. The number of methoxy groups -OCH3 is 1. The number of para-hydroxylation sites is 4. The average Bonchev–Trinajstić information content (AvgIpc) is 1.61. The Bertz CT molecular complexity index is 6690. The molecule has 618 valence electrons. The molecule has 126 heavy (non-hydrogen) atoms. The van der Waals surface area contributed by atoms with Crippen molar-refractivity contribution in [2.75, 3.05) is 26.7 Å². The number of rotatable bonds is 11. The van der Waals surface area contributed by atoms with E-state index in [1.54, 1.807) is 12.0 Å². The summed E-state index contributed by atoms with van der Waals surface area (Å²) in [5.74, 6) is 0.443. The van der Waals surface area contributed by atoms with Crippen LogP contribution in [0.1, 0.15) is 155 Å². The lowest BCUT2D eigenvalue weighted by Gasteiger charge is -2.25. The predicted molar refractivity (Wildman–Crippen MR) is 506 cm³/mol. The zero-order valence-corrected chi connectivity index (χ0v) is 71.4. The number of carbonyl (C=O) groups is 4. The normalized spacial score (nSPS) is 14.9. The third kappa shape index (κ3) is 17.6. The summed E-state index contributed by atoms with van der Waals surface area (Å²) >= 11 is 20.0. The number of benzene rings is 16. The van der Waals surface area contributed by atoms with Gasteiger partial charge in [0, 0.05) is 90.3 Å². The molecule has 20 rings (SSSR count). The molecule has 0 fully saturated rings. The van der Waals surface area contributed by atoms with Crippen LogP contribution >= 0.6 is 34.8 Å². The fraction of sp³-hybridized carbons (Fsp3) is 0.0991. The number of nitro groups is 1. The summed E-state index contributed by atoms with van der Waals surface area (Å²) in [5.41, 5.74) is 25.2. The smallest absolute Gasteiger partial charge is 0.269 e. The summed E-state index contributed by atoms with van der Waals surface area (Å²) in [6, 6.07) is 131. The Morgan fingerprint density at radius 1 is 0.310 bits per heavy atom. The molecule has 0 saturated carbocycles. The van der Waals surface area contributed by atoms with Crippen molar-refractivity contribution >= 4 is 86.9 Å². The number of nitro benzene ring substituents is 1. The Hall–Kier alpha value is -14.5. The Labute approximate surface area is 748 Å². The quantitative estimate of drug-likeness (QED) is 0.0930. The minimum atomic E-state index is -0.472. The standard InChI is InChI=1S/C28H22ClNO2.C28H22ClNO.C28H23NO.C27H19ClN2O3/c1-32-21-16-14-19(15-17-21)28(31)30-18-20-8-2-3-9-22(20)27(23-10-4-6-12-25(23)29)24-11-5-7-13-26(24)30;29-25-16-8-6-14-23(25)28-22-13-5-4-12-21(22)19-30(26-17-9-7-15-24(26)28)27(31)18-20-10-2-1-3-11-20;1-20-15-17-22(18-16-20)28(30)29-19-23-11-5-6-12-24(23)27(21-9-3-2-4-10-21)25-13-7-8-14-26(25)29;28-24-11-5-3-9-22(24)26-21-8-2-1-7-19(21)17-29(25-12-6-4-10-23(25)26)27(31)18-13-15-20(16-14-18)30(32)33/h2-17,27H,18H2,1H3;1-17,28H,18-19H2;2-18,27H,19H2,1H3;1-16,26H,17H2. The van der Waals surface area contributed by atoms with Crippen molar-refractivity contribution in [3.63, 3.8) is 0 Å². The van der Waals surface area contributed by atoms with Gasteiger partial charge in [-0.3, -0.25) is 29.3 Å². The van der Waals surface area contributed by atoms with Crippen LogP contribution in [0.3, 0.4) is 0 Å². The zero-order chi connectivity index (χ0) is 86.7. The molecule has 0 bridgehead atoms. The maximum Gasteiger partial charge on any atom is 0.269 e. The molecule has 4 unspecified atom stereocenters. The second-order valence-corrected chi connectivity index (χ2v) is 32.7. The number of ether oxygens (including phenoxy) is 1. The number of hydrogen-bond acceptors (Lipinski definition) is 7. The van der Waals surface area contributed by atoms with Crippen molar-refractivity contribution in [3.05, 3.63) is 542 Å². The van der Waals surface area contributed by atoms with Crippen LogP contribution in [0, 0.1) is 17.0 Å². The lowest BCUT2D eigenvalue weighted by Crippen LogP contribution is -2.31. The van der Waals surface area contributed by atoms with Crippen LogP contribution in [-0.2, 0) is 37.4 Å². The molecule has 4 aliphatic heterocycles. The van der Waals surface area contributed by atoms with E-state index < -0.39 is 4.92 Å². The third-order valence-corrected chi connectivity index (χ3v) is 24.9. The highest BCUT2D eigenvalue weighted by molar-refractivity contribution is 6.32. The van der Waals surface area contributed by atoms with Crippen molar-refractivity contribution in [2.45, 2.75) is 63.2 Å². The molecular formula is C111H86Cl3N5O7. The van der Waals surface area contributed by atoms with Crippen LogP contribution in [0.4, 0.5) is 28.4 Å². The SMILES string of the molecule is COc1ccc(C(=O)N2Cc3ccccc3C(c3ccccc3Cl)c3ccccc32)cc1.Cc1ccc(C(=O)N2Cc3ccccc3C(c3ccccc3)c3ccccc32)cc1.O=C(Cc1ccccc1)N1Cc2ccccc2C(c2ccccc2Cl)c2ccccc21.O=C(c1ccc([N+](=O)[O-])cc1)N1Cc2ccccc2C(c2ccccc2Cl)c2ccccc21. The number of fused-ring (bicyclic) bond motifs is 8. The first-order chi connectivity index (χ1) is 61.7. The minimum absolute atomic E-state index is 0.0318. The minimum Gasteiger partial charge on any atom is -0.497 e. The Balaban J connectivity index is 0.000000119. The van der Waals surface area contributed by atoms with Crippen LogP contribution in [0.25, 0.3) is 0 Å². The lowest BCUT2D eigenvalue weighted by molar-refractivity contribution is -0.384. The summed E-state index contributed by atoms with van der Waals surface area (Å²) in [5, 5.41) is 13.2. The van der Waals surface area contributed by atoms with Crippen molar-refractivity contribution < 1.29 is 28.8 Å². The molecule has 0 aromatic heterocycles. The first-order valence-electron chi connectivity index (χ1n) is 41.9. The van der Waals surface area contributed by atoms with Crippen LogP contribution in [-0.4, -0.2) is 35.7 Å². The monoisotopic (exact) mass is 1710 g/mol. The highest BCUT2D eigenvalue weighted by atomic mass is 35.5. The Morgan fingerprint density at radius 2 is 0.579 bits per heavy atom. The summed E-state index contributed by atoms with van der Waals surface area (Å²) in [7, 11) is 1.62. The van der Waals surface area contributed by atoms with Gasteiger partial charge < -0.3 is 24.3 Å². The summed E-state index contributed by atoms with van der Waals surface area (Å²) in [4.78, 5) is 72.5. The topological polar surface area (TPSA) is 134 Å². The van der Waals surface area contributed by atoms with Crippen molar-refractivity contribution in [1.29, 1.82) is 0 Å². The fourth-order valence-electron chi connectivity index (χ4n) is 17.8. The van der Waals surface area contributed by atoms with Gasteiger partial charge in [-0.25, -0.2) is 0 Å². The first kappa shape index (κ1) is 83.7. The second-order valence-electron chi connectivity index (χ2n) is 31.5. The Kier molecular flexibility index (Phi) is 25.3. The average molecular weight is 1710 g/mol. The van der Waals surface area contributed by atoms with Gasteiger partial charge in [0.1, 0.15) is 5.75 Å². The summed E-state index contributed by atoms with van der Waals surface area (Å²) in [6.07, 6.45) is 0.369. The molecule has 4 atom stereocenters. The molecule has 4 amide bonds. The number of halogens is 3. The van der Waals surface area contributed by atoms with Gasteiger partial charge in [-0.1, -0.05) is 338 Å². The highest BCUT2D eigenvalue weighted by Crippen LogP contribution is 2.50. The number of anilines is 4. The maximum absolute atomic E-state index is 13.7. The summed E-state index contributed by atoms with van der Waals surface area (Å²) in [6.45, 7) is 4.00. The van der Waals surface area contributed by atoms with Crippen LogP contribution in [0.5, 0.6) is 5.75 Å². The molecule has 12 nitrogen and oxygen atoms in total. The molecule has 0 radical (unpaired) electrons. The molecule has 0 saturated heterocycles. The van der Waals surface area contributed by atoms with Gasteiger partial charge >= 0.3 is 0 Å². The van der Waals surface area contributed by atoms with Gasteiger partial charge in [-0.05, 0) is 192 Å². The maximum atomic E-state index is 13.7. The van der Waals surface area contributed by atoms with Crippen LogP contribution in [0.15, 0.2) is 400 Å². The molecule has 0 spiro atoms. The highest BCUT2D eigenvalue weighted by Gasteiger charge is 2.38. The third-order valence-electron chi connectivity index (χ3n) is 23.9. The number of hydrogen-bond donors (Lipinski definition) is 0. The van der Waals surface area contributed by atoms with Crippen molar-refractivity contribution in [1.82, 2.24) is 0 Å². The fourth-order valence-corrected chi connectivity index (χ4v) is 18.6. The first-order valence-corrected chi connectivity index (χ1v) is 43.0. The van der Waals surface area contributed by atoms with Crippen molar-refractivity contribution in [3.8, 4) is 5.75 Å². The number of nitrogens with zero attached hydrogens (tertiary/aromatic N) is 5. The Morgan fingerprint density at radius 3 is 0.929 bits per heavy atom. The number of carbonyl (C=O) groups excluding carboxylic acids is 4. The van der Waals surface area contributed by atoms with Gasteiger partial charge in [0.2, 0.25) is 5.91 Å². The van der Waals surface area contributed by atoms with Gasteiger partial charge in [0.15, 0.2) is 0 Å². The van der Waals surface area contributed by atoms with E-state index >= 15 is 0 Å². The van der Waals surface area contributed by atoms with Crippen LogP contribution < -0.4 is 24.3 Å². The van der Waals surface area contributed by atoms with Gasteiger partial charge in [-0.2, -0.15) is 0 Å². The molecule has 15 heteroatoms. The van der Waals surface area contributed by atoms with Crippen molar-refractivity contribution in [2.24, 2.45) is 0 Å². The van der Waals surface area contributed by atoms with E-state index in [1.807, 2.05) is 270 Å². The molecule has 4 aliphatic rings. The predicted octanol–water partition coefficient (Wildman–Crippen LogP) is 26.2. The zero-order valence-electron chi connectivity index (χ0n) is 69.2. The molecule has 16 aromatic rings. The van der Waals surface area contributed by atoms with E-state index in [4.69, 9.17) is 39.5 Å². The number of aryl methyl sites for hydroxylation is 1. The second kappa shape index (κ2) is 38.1. The van der Waals surface area contributed by atoms with Gasteiger partial charge in [-0.15, -0.1) is 0 Å². The number of amides is 4. The van der Waals surface area contributed by atoms with E-state index in [0.717, 1.165) is 116 Å². The van der Waals surface area contributed by atoms with E-state index in [0.29, 0.717) is 54.3 Å². The van der Waals surface area contributed by atoms with Gasteiger partial charge in [0.05, 0.1) is 44.6 Å². The molecular weight excluding hydrogens is 1620 g/mol. The van der Waals surface area contributed by atoms with E-state index in [9.17, 15) is 29.3 Å².